The third-order valence-corrected chi connectivity index (χ3v) is 3.87. The van der Waals surface area contributed by atoms with E-state index in [4.69, 9.17) is 9.47 Å². The van der Waals surface area contributed by atoms with Gasteiger partial charge in [-0.15, -0.1) is 0 Å². The highest BCUT2D eigenvalue weighted by atomic mass is 16.5. The molecule has 4 nitrogen and oxygen atoms in total. The molecule has 1 aliphatic rings. The van der Waals surface area contributed by atoms with Gasteiger partial charge in [0.05, 0.1) is 25.2 Å². The molecule has 1 atom stereocenters. The summed E-state index contributed by atoms with van der Waals surface area (Å²) in [6, 6.07) is 7.27. The van der Waals surface area contributed by atoms with Gasteiger partial charge in [0.1, 0.15) is 11.5 Å². The van der Waals surface area contributed by atoms with Gasteiger partial charge in [-0.3, -0.25) is 9.78 Å². The third-order valence-electron chi connectivity index (χ3n) is 3.87. The number of ketones is 1. The summed E-state index contributed by atoms with van der Waals surface area (Å²) in [7, 11) is 1.60. The number of pyridine rings is 1. The van der Waals surface area contributed by atoms with Crippen molar-refractivity contribution in [3.8, 4) is 11.5 Å². The molecular weight excluding hydrogens is 266 g/mol. The monoisotopic (exact) mass is 283 g/mol. The molecule has 0 aliphatic carbocycles. The van der Waals surface area contributed by atoms with Crippen molar-refractivity contribution in [2.45, 2.75) is 19.3 Å². The minimum atomic E-state index is -0.178. The smallest absolute Gasteiger partial charge is 0.174 e. The highest BCUT2D eigenvalue weighted by Gasteiger charge is 2.29. The van der Waals surface area contributed by atoms with Crippen LogP contribution in [-0.2, 0) is 0 Å². The van der Waals surface area contributed by atoms with Gasteiger partial charge in [-0.05, 0) is 42.7 Å². The quantitative estimate of drug-likeness (QED) is 0.849. The molecule has 0 radical (unpaired) electrons. The van der Waals surface area contributed by atoms with E-state index < -0.39 is 0 Å². The summed E-state index contributed by atoms with van der Waals surface area (Å²) in [6.45, 7) is 2.49. The zero-order valence-corrected chi connectivity index (χ0v) is 12.1. The Balaban J connectivity index is 2.03. The van der Waals surface area contributed by atoms with Crippen LogP contribution in [0.3, 0.4) is 0 Å². The van der Waals surface area contributed by atoms with Gasteiger partial charge in [0.15, 0.2) is 5.78 Å². The van der Waals surface area contributed by atoms with Crippen LogP contribution in [0.25, 0.3) is 0 Å². The highest BCUT2D eigenvalue weighted by molar-refractivity contribution is 6.03. The van der Waals surface area contributed by atoms with E-state index in [0.29, 0.717) is 30.1 Å². The van der Waals surface area contributed by atoms with E-state index in [1.807, 2.05) is 13.0 Å². The molecule has 2 aromatic rings. The van der Waals surface area contributed by atoms with Crippen LogP contribution in [0.2, 0.25) is 0 Å². The van der Waals surface area contributed by atoms with Gasteiger partial charge in [0.25, 0.3) is 0 Å². The Morgan fingerprint density at radius 1 is 1.33 bits per heavy atom. The molecule has 0 saturated carbocycles. The first-order valence-corrected chi connectivity index (χ1v) is 6.96. The second-order valence-corrected chi connectivity index (χ2v) is 5.15. The normalized spacial score (nSPS) is 17.6. The molecule has 1 aromatic carbocycles. The van der Waals surface area contributed by atoms with E-state index in [9.17, 15) is 4.79 Å². The molecule has 1 unspecified atom stereocenters. The highest BCUT2D eigenvalue weighted by Crippen LogP contribution is 2.35. The van der Waals surface area contributed by atoms with Crippen molar-refractivity contribution >= 4 is 5.78 Å². The molecule has 21 heavy (non-hydrogen) atoms. The van der Waals surface area contributed by atoms with Crippen LogP contribution in [0.15, 0.2) is 36.7 Å². The summed E-state index contributed by atoms with van der Waals surface area (Å²) in [4.78, 5) is 16.9. The minimum absolute atomic E-state index is 0.0967. The zero-order valence-electron chi connectivity index (χ0n) is 12.1. The molecule has 3 rings (SSSR count). The first kappa shape index (κ1) is 13.6. The standard InChI is InChI=1S/C17H17NO3/c1-11-10-18-7-5-13(11)14-6-8-21-16-9-12(20-2)3-4-15(16)17(14)19/h3-5,7,9-10,14H,6,8H2,1-2H3. The van der Waals surface area contributed by atoms with Crippen molar-refractivity contribution in [3.63, 3.8) is 0 Å². The lowest BCUT2D eigenvalue weighted by Crippen LogP contribution is -2.13. The molecular formula is C17H17NO3. The number of methoxy groups -OCH3 is 1. The molecule has 0 spiro atoms. The lowest BCUT2D eigenvalue weighted by atomic mass is 9.87. The van der Waals surface area contributed by atoms with E-state index in [1.54, 1.807) is 37.7 Å². The maximum Gasteiger partial charge on any atom is 0.174 e. The van der Waals surface area contributed by atoms with E-state index >= 15 is 0 Å². The predicted molar refractivity (Wildman–Crippen MR) is 79.2 cm³/mol. The molecule has 1 aromatic heterocycles. The van der Waals surface area contributed by atoms with Gasteiger partial charge >= 0.3 is 0 Å². The summed E-state index contributed by atoms with van der Waals surface area (Å²) in [5.41, 5.74) is 2.68. The van der Waals surface area contributed by atoms with Crippen LogP contribution < -0.4 is 9.47 Å². The minimum Gasteiger partial charge on any atom is -0.497 e. The predicted octanol–water partition coefficient (Wildman–Crippen LogP) is 3.15. The van der Waals surface area contributed by atoms with Crippen LogP contribution in [0.1, 0.15) is 33.8 Å². The van der Waals surface area contributed by atoms with E-state index in [2.05, 4.69) is 4.98 Å². The number of hydrogen-bond acceptors (Lipinski definition) is 4. The van der Waals surface area contributed by atoms with Crippen molar-refractivity contribution in [1.82, 2.24) is 4.98 Å². The summed E-state index contributed by atoms with van der Waals surface area (Å²) < 4.78 is 10.9. The number of nitrogens with zero attached hydrogens (tertiary/aromatic N) is 1. The first-order valence-electron chi connectivity index (χ1n) is 6.96. The molecule has 0 saturated heterocycles. The second kappa shape index (κ2) is 5.56. The van der Waals surface area contributed by atoms with Gasteiger partial charge in [0, 0.05) is 18.5 Å². The topological polar surface area (TPSA) is 48.4 Å². The fraction of sp³-hybridized carbons (Fsp3) is 0.294. The van der Waals surface area contributed by atoms with Crippen molar-refractivity contribution in [2.75, 3.05) is 13.7 Å². The van der Waals surface area contributed by atoms with Gasteiger partial charge < -0.3 is 9.47 Å². The number of benzene rings is 1. The fourth-order valence-corrected chi connectivity index (χ4v) is 2.73. The number of ether oxygens (including phenoxy) is 2. The Kier molecular flexibility index (Phi) is 3.60. The molecule has 0 N–H and O–H groups in total. The number of aryl methyl sites for hydroxylation is 1. The van der Waals surface area contributed by atoms with Crippen LogP contribution in [-0.4, -0.2) is 24.5 Å². The Bertz CT molecular complexity index is 681. The Labute approximate surface area is 123 Å². The van der Waals surface area contributed by atoms with Crippen LogP contribution >= 0.6 is 0 Å². The zero-order chi connectivity index (χ0) is 14.8. The number of carbonyl (C=O) groups excluding carboxylic acids is 1. The van der Waals surface area contributed by atoms with Crippen LogP contribution in [0.4, 0.5) is 0 Å². The largest absolute Gasteiger partial charge is 0.497 e. The van der Waals surface area contributed by atoms with Crippen molar-refractivity contribution in [3.05, 3.63) is 53.3 Å². The Morgan fingerprint density at radius 2 is 2.19 bits per heavy atom. The number of hydrogen-bond donors (Lipinski definition) is 0. The second-order valence-electron chi connectivity index (χ2n) is 5.15. The molecule has 108 valence electrons. The summed E-state index contributed by atoms with van der Waals surface area (Å²) in [6.07, 6.45) is 4.19. The van der Waals surface area contributed by atoms with Gasteiger partial charge in [-0.2, -0.15) is 0 Å². The SMILES string of the molecule is COc1ccc2c(c1)OCCC(c1ccncc1C)C2=O. The number of aromatic nitrogens is 1. The molecule has 2 heterocycles. The summed E-state index contributed by atoms with van der Waals surface area (Å²) >= 11 is 0. The van der Waals surface area contributed by atoms with E-state index in [-0.39, 0.29) is 11.7 Å². The number of rotatable bonds is 2. The van der Waals surface area contributed by atoms with Crippen LogP contribution in [0, 0.1) is 6.92 Å². The maximum atomic E-state index is 12.8. The lowest BCUT2D eigenvalue weighted by molar-refractivity contribution is 0.0958. The number of Topliss-reactive ketones (excluding diaryl/α,β-unsaturated/α-hetero) is 1. The van der Waals surface area contributed by atoms with Crippen molar-refractivity contribution in [1.29, 1.82) is 0 Å². The third kappa shape index (κ3) is 2.49. The van der Waals surface area contributed by atoms with Crippen molar-refractivity contribution < 1.29 is 14.3 Å². The molecule has 4 heteroatoms. The molecule has 0 amide bonds. The average Bonchev–Trinajstić information content (AvgIpc) is 2.67. The van der Waals surface area contributed by atoms with Gasteiger partial charge in [0.2, 0.25) is 0 Å². The van der Waals surface area contributed by atoms with E-state index in [1.165, 1.54) is 0 Å². The van der Waals surface area contributed by atoms with Crippen molar-refractivity contribution in [2.24, 2.45) is 0 Å². The van der Waals surface area contributed by atoms with Gasteiger partial charge in [-0.25, -0.2) is 0 Å². The van der Waals surface area contributed by atoms with E-state index in [0.717, 1.165) is 11.1 Å². The molecule has 1 aliphatic heterocycles. The maximum absolute atomic E-state index is 12.8. The Morgan fingerprint density at radius 3 is 2.95 bits per heavy atom. The fourth-order valence-electron chi connectivity index (χ4n) is 2.73. The number of carbonyl (C=O) groups is 1. The first-order chi connectivity index (χ1) is 10.2. The molecule has 0 bridgehead atoms. The van der Waals surface area contributed by atoms with Gasteiger partial charge in [-0.1, -0.05) is 0 Å². The summed E-state index contributed by atoms with van der Waals surface area (Å²) in [5.74, 6) is 1.22. The average molecular weight is 283 g/mol. The summed E-state index contributed by atoms with van der Waals surface area (Å²) in [5, 5.41) is 0. The number of fused-ring (bicyclic) bond motifs is 1. The lowest BCUT2D eigenvalue weighted by Gasteiger charge is -2.15. The molecule has 0 fully saturated rings. The Hall–Kier alpha value is -2.36. The van der Waals surface area contributed by atoms with Crippen LogP contribution in [0.5, 0.6) is 11.5 Å².